The predicted molar refractivity (Wildman–Crippen MR) is 45.8 cm³/mol. The molecule has 0 aromatic carbocycles. The van der Waals surface area contributed by atoms with E-state index in [4.69, 9.17) is 10.00 Å². The van der Waals surface area contributed by atoms with Crippen LogP contribution in [-0.4, -0.2) is 18.4 Å². The van der Waals surface area contributed by atoms with E-state index in [-0.39, 0.29) is 11.3 Å². The van der Waals surface area contributed by atoms with Crippen LogP contribution in [0.5, 0.6) is 5.75 Å². The number of carbonyl (C=O) groups excluding carboxylic acids is 1. The minimum Gasteiger partial charge on any atom is -0.494 e. The van der Waals surface area contributed by atoms with Crippen LogP contribution in [0.1, 0.15) is 28.0 Å². The van der Waals surface area contributed by atoms with Crippen LogP contribution in [0.15, 0.2) is 6.20 Å². The van der Waals surface area contributed by atoms with Crippen LogP contribution in [0.2, 0.25) is 0 Å². The molecule has 0 N–H and O–H groups in total. The average molecular weight is 212 g/mol. The van der Waals surface area contributed by atoms with E-state index < -0.39 is 17.7 Å². The summed E-state index contributed by atoms with van der Waals surface area (Å²) in [5.41, 5.74) is -1.12. The van der Waals surface area contributed by atoms with Crippen LogP contribution >= 0.6 is 0 Å². The Bertz CT molecular complexity index is 427. The van der Waals surface area contributed by atoms with Crippen molar-refractivity contribution in [2.75, 3.05) is 7.11 Å². The van der Waals surface area contributed by atoms with Crippen molar-refractivity contribution in [3.8, 4) is 11.8 Å². The molecular weight excluding hydrogens is 206 g/mol. The lowest BCUT2D eigenvalue weighted by Gasteiger charge is -2.08. The molecule has 78 valence electrons. The molecule has 0 fully saturated rings. The summed E-state index contributed by atoms with van der Waals surface area (Å²) in [7, 11) is 1.19. The molecular formula is C9H6F2N2O2. The molecule has 1 heterocycles. The first-order chi connectivity index (χ1) is 7.15. The third kappa shape index (κ3) is 1.91. The first kappa shape index (κ1) is 11.0. The predicted octanol–water partition coefficient (Wildman–Crippen LogP) is 1.71. The highest BCUT2D eigenvalue weighted by Gasteiger charge is 2.21. The van der Waals surface area contributed by atoms with E-state index in [1.54, 1.807) is 6.07 Å². The number of pyridine rings is 1. The van der Waals surface area contributed by atoms with E-state index in [0.29, 0.717) is 6.29 Å². The largest absolute Gasteiger partial charge is 0.494 e. The Labute approximate surface area is 84.1 Å². The number of methoxy groups -OCH3 is 1. The van der Waals surface area contributed by atoms with E-state index >= 15 is 0 Å². The Balaban J connectivity index is 3.49. The third-order valence-electron chi connectivity index (χ3n) is 1.74. The summed E-state index contributed by atoms with van der Waals surface area (Å²) >= 11 is 0. The van der Waals surface area contributed by atoms with Gasteiger partial charge in [0.15, 0.2) is 12.0 Å². The quantitative estimate of drug-likeness (QED) is 0.715. The molecule has 15 heavy (non-hydrogen) atoms. The van der Waals surface area contributed by atoms with Crippen molar-refractivity contribution in [3.05, 3.63) is 23.0 Å². The number of rotatable bonds is 3. The van der Waals surface area contributed by atoms with Crippen LogP contribution in [0.4, 0.5) is 8.78 Å². The number of aldehydes is 1. The number of nitrogens with zero attached hydrogens (tertiary/aromatic N) is 2. The van der Waals surface area contributed by atoms with Crippen molar-refractivity contribution >= 4 is 6.29 Å². The second-order valence-corrected chi connectivity index (χ2v) is 2.54. The zero-order valence-corrected chi connectivity index (χ0v) is 7.70. The average Bonchev–Trinajstić information content (AvgIpc) is 2.26. The van der Waals surface area contributed by atoms with E-state index in [0.717, 1.165) is 6.20 Å². The molecule has 0 saturated carbocycles. The summed E-state index contributed by atoms with van der Waals surface area (Å²) in [6, 6.07) is 1.54. The van der Waals surface area contributed by atoms with Gasteiger partial charge in [0.1, 0.15) is 17.3 Å². The molecule has 0 bridgehead atoms. The van der Waals surface area contributed by atoms with Gasteiger partial charge in [0.05, 0.1) is 12.7 Å². The number of carbonyl (C=O) groups is 1. The molecule has 0 aliphatic heterocycles. The van der Waals surface area contributed by atoms with E-state index in [9.17, 15) is 13.6 Å². The second kappa shape index (κ2) is 4.46. The first-order valence-corrected chi connectivity index (χ1v) is 3.86. The number of hydrogen-bond donors (Lipinski definition) is 0. The van der Waals surface area contributed by atoms with Gasteiger partial charge in [-0.15, -0.1) is 0 Å². The second-order valence-electron chi connectivity index (χ2n) is 2.54. The van der Waals surface area contributed by atoms with E-state index in [1.807, 2.05) is 0 Å². The Kier molecular flexibility index (Phi) is 3.29. The number of hydrogen-bond acceptors (Lipinski definition) is 4. The zero-order valence-electron chi connectivity index (χ0n) is 7.70. The molecule has 0 radical (unpaired) electrons. The number of aromatic nitrogens is 1. The third-order valence-corrected chi connectivity index (χ3v) is 1.74. The van der Waals surface area contributed by atoms with Gasteiger partial charge < -0.3 is 4.74 Å². The molecule has 0 unspecified atom stereocenters. The Hall–Kier alpha value is -2.03. The number of nitriles is 1. The fourth-order valence-corrected chi connectivity index (χ4v) is 1.10. The molecule has 0 aliphatic rings. The summed E-state index contributed by atoms with van der Waals surface area (Å²) in [5, 5.41) is 8.68. The summed E-state index contributed by atoms with van der Waals surface area (Å²) in [6.45, 7) is 0. The van der Waals surface area contributed by atoms with Crippen LogP contribution in [-0.2, 0) is 0 Å². The monoisotopic (exact) mass is 212 g/mol. The van der Waals surface area contributed by atoms with Crippen molar-refractivity contribution in [3.63, 3.8) is 0 Å². The fourth-order valence-electron chi connectivity index (χ4n) is 1.10. The van der Waals surface area contributed by atoms with Gasteiger partial charge in [0.25, 0.3) is 6.43 Å². The van der Waals surface area contributed by atoms with Crippen molar-refractivity contribution in [2.45, 2.75) is 6.43 Å². The van der Waals surface area contributed by atoms with Gasteiger partial charge in [0, 0.05) is 6.20 Å². The van der Waals surface area contributed by atoms with Crippen molar-refractivity contribution in [2.24, 2.45) is 0 Å². The van der Waals surface area contributed by atoms with Gasteiger partial charge in [-0.25, -0.2) is 8.78 Å². The minimum absolute atomic E-state index is 0.0292. The van der Waals surface area contributed by atoms with E-state index in [2.05, 4.69) is 4.98 Å². The number of ether oxygens (including phenoxy) is 1. The van der Waals surface area contributed by atoms with Crippen LogP contribution in [0, 0.1) is 11.3 Å². The van der Waals surface area contributed by atoms with Gasteiger partial charge in [-0.2, -0.15) is 5.26 Å². The highest BCUT2D eigenvalue weighted by Crippen LogP contribution is 2.29. The number of halogens is 2. The van der Waals surface area contributed by atoms with Crippen LogP contribution in [0.25, 0.3) is 0 Å². The normalized spacial score (nSPS) is 9.80. The van der Waals surface area contributed by atoms with E-state index in [1.165, 1.54) is 7.11 Å². The summed E-state index contributed by atoms with van der Waals surface area (Å²) in [4.78, 5) is 13.9. The molecule has 1 rings (SSSR count). The Morgan fingerprint density at radius 2 is 2.33 bits per heavy atom. The van der Waals surface area contributed by atoms with Gasteiger partial charge in [-0.05, 0) is 0 Å². The fraction of sp³-hybridized carbons (Fsp3) is 0.222. The van der Waals surface area contributed by atoms with Crippen molar-refractivity contribution in [1.82, 2.24) is 4.98 Å². The first-order valence-electron chi connectivity index (χ1n) is 3.86. The van der Waals surface area contributed by atoms with Gasteiger partial charge >= 0.3 is 0 Å². The maximum atomic E-state index is 12.4. The van der Waals surface area contributed by atoms with Gasteiger partial charge in [-0.3, -0.25) is 9.78 Å². The molecule has 0 amide bonds. The lowest BCUT2D eigenvalue weighted by molar-refractivity contribution is 0.111. The summed E-state index contributed by atoms with van der Waals surface area (Å²) in [5.74, 6) is -0.169. The highest BCUT2D eigenvalue weighted by atomic mass is 19.3. The van der Waals surface area contributed by atoms with Gasteiger partial charge in [0.2, 0.25) is 0 Å². The summed E-state index contributed by atoms with van der Waals surface area (Å²) in [6.07, 6.45) is -1.54. The minimum atomic E-state index is -2.88. The summed E-state index contributed by atoms with van der Waals surface area (Å²) < 4.78 is 29.5. The van der Waals surface area contributed by atoms with Crippen LogP contribution in [0.3, 0.4) is 0 Å². The number of alkyl halides is 2. The zero-order chi connectivity index (χ0) is 11.4. The Morgan fingerprint density at radius 3 is 2.73 bits per heavy atom. The molecule has 1 aromatic heterocycles. The molecule has 0 saturated heterocycles. The van der Waals surface area contributed by atoms with Crippen LogP contribution < -0.4 is 4.74 Å². The molecule has 0 spiro atoms. The van der Waals surface area contributed by atoms with Crippen molar-refractivity contribution in [1.29, 1.82) is 5.26 Å². The maximum Gasteiger partial charge on any atom is 0.281 e. The molecule has 0 aliphatic carbocycles. The lowest BCUT2D eigenvalue weighted by atomic mass is 10.1. The lowest BCUT2D eigenvalue weighted by Crippen LogP contribution is -2.02. The topological polar surface area (TPSA) is 63.0 Å². The van der Waals surface area contributed by atoms with Gasteiger partial charge in [-0.1, -0.05) is 0 Å². The SMILES string of the molecule is COc1c(C=O)cnc(C(F)F)c1C#N. The smallest absolute Gasteiger partial charge is 0.281 e. The maximum absolute atomic E-state index is 12.4. The molecule has 6 heteroatoms. The molecule has 4 nitrogen and oxygen atoms in total. The molecule has 1 aromatic rings. The molecule has 0 atom stereocenters. The Morgan fingerprint density at radius 1 is 1.67 bits per heavy atom. The van der Waals surface area contributed by atoms with Crippen molar-refractivity contribution < 1.29 is 18.3 Å². The highest BCUT2D eigenvalue weighted by molar-refractivity contribution is 5.80. The standard InChI is InChI=1S/C9H6F2N2O2/c1-15-8-5(4-14)3-13-7(9(10)11)6(8)2-12/h3-4,9H,1H3.